The third-order valence-electron chi connectivity index (χ3n) is 4.50. The standard InChI is InChI=1S/C18H24F3N3O2Si/c1-27(2,3)9-8-26-12-23-10-14-16(22-23)13-6-4-5-7-15(13)24(17(14)25)11-18(19,20)21/h4-7,10,16,22H,8-9,11-12H2,1-3H3. The Morgan fingerprint density at radius 3 is 2.59 bits per heavy atom. The van der Waals surface area contributed by atoms with Gasteiger partial charge in [-0.3, -0.25) is 14.7 Å². The number of hydrazine groups is 1. The number of ether oxygens (including phenoxy) is 1. The number of benzene rings is 1. The van der Waals surface area contributed by atoms with E-state index in [4.69, 9.17) is 4.74 Å². The van der Waals surface area contributed by atoms with Crippen molar-refractivity contribution < 1.29 is 22.7 Å². The summed E-state index contributed by atoms with van der Waals surface area (Å²) in [5, 5.41) is 1.63. The Morgan fingerprint density at radius 2 is 1.93 bits per heavy atom. The van der Waals surface area contributed by atoms with Gasteiger partial charge >= 0.3 is 6.18 Å². The first kappa shape index (κ1) is 19.9. The first-order valence-electron chi connectivity index (χ1n) is 8.85. The summed E-state index contributed by atoms with van der Waals surface area (Å²) in [6.07, 6.45) is -2.91. The minimum atomic E-state index is -4.47. The lowest BCUT2D eigenvalue weighted by Crippen LogP contribution is -2.45. The molecular weight excluding hydrogens is 375 g/mol. The van der Waals surface area contributed by atoms with E-state index in [0.717, 1.165) is 10.9 Å². The van der Waals surface area contributed by atoms with Gasteiger partial charge in [0.2, 0.25) is 0 Å². The summed E-state index contributed by atoms with van der Waals surface area (Å²) in [6.45, 7) is 6.31. The van der Waals surface area contributed by atoms with Gasteiger partial charge in [-0.15, -0.1) is 0 Å². The Morgan fingerprint density at radius 1 is 1.22 bits per heavy atom. The number of carbonyl (C=O) groups is 1. The summed E-state index contributed by atoms with van der Waals surface area (Å²) >= 11 is 0. The lowest BCUT2D eigenvalue weighted by molar-refractivity contribution is -0.130. The van der Waals surface area contributed by atoms with Crippen LogP contribution in [0.4, 0.5) is 18.9 Å². The van der Waals surface area contributed by atoms with Crippen molar-refractivity contribution in [2.24, 2.45) is 0 Å². The maximum absolute atomic E-state index is 13.0. The van der Waals surface area contributed by atoms with Gasteiger partial charge in [0.1, 0.15) is 13.3 Å². The van der Waals surface area contributed by atoms with E-state index in [9.17, 15) is 18.0 Å². The number of nitrogens with one attached hydrogen (secondary N) is 1. The minimum absolute atomic E-state index is 0.235. The van der Waals surface area contributed by atoms with Crippen LogP contribution in [0.25, 0.3) is 0 Å². The van der Waals surface area contributed by atoms with Crippen LogP contribution in [0.1, 0.15) is 11.6 Å². The zero-order chi connectivity index (χ0) is 19.8. The van der Waals surface area contributed by atoms with E-state index in [1.165, 1.54) is 0 Å². The van der Waals surface area contributed by atoms with Crippen LogP contribution in [0.15, 0.2) is 36.0 Å². The lowest BCUT2D eigenvalue weighted by Gasteiger charge is -2.34. The van der Waals surface area contributed by atoms with Gasteiger partial charge in [0.15, 0.2) is 0 Å². The first-order chi connectivity index (χ1) is 12.6. The zero-order valence-corrected chi connectivity index (χ0v) is 16.6. The van der Waals surface area contributed by atoms with E-state index >= 15 is 0 Å². The number of amides is 1. The molecule has 0 aliphatic carbocycles. The molecule has 0 fully saturated rings. The average Bonchev–Trinajstić information content (AvgIpc) is 2.98. The average molecular weight is 399 g/mol. The number of hydrogen-bond acceptors (Lipinski definition) is 4. The molecule has 0 saturated heterocycles. The molecule has 2 heterocycles. The van der Waals surface area contributed by atoms with Crippen molar-refractivity contribution in [1.29, 1.82) is 0 Å². The summed E-state index contributed by atoms with van der Waals surface area (Å²) in [4.78, 5) is 13.5. The molecule has 0 bridgehead atoms. The molecule has 0 spiro atoms. The summed E-state index contributed by atoms with van der Waals surface area (Å²) in [6, 6.07) is 7.24. The highest BCUT2D eigenvalue weighted by molar-refractivity contribution is 6.76. The third-order valence-corrected chi connectivity index (χ3v) is 6.20. The summed E-state index contributed by atoms with van der Waals surface area (Å²) in [5.74, 6) is -0.631. The Balaban J connectivity index is 1.76. The Hall–Kier alpha value is -1.84. The predicted molar refractivity (Wildman–Crippen MR) is 99.6 cm³/mol. The fraction of sp³-hybridized carbons (Fsp3) is 0.500. The van der Waals surface area contributed by atoms with E-state index in [1.807, 2.05) is 0 Å². The molecule has 2 aliphatic heterocycles. The van der Waals surface area contributed by atoms with Crippen molar-refractivity contribution in [2.75, 3.05) is 24.8 Å². The molecule has 1 aromatic carbocycles. The Labute approximate surface area is 157 Å². The van der Waals surface area contributed by atoms with Crippen molar-refractivity contribution in [1.82, 2.24) is 10.4 Å². The topological polar surface area (TPSA) is 44.8 Å². The number of halogens is 3. The minimum Gasteiger partial charge on any atom is -0.360 e. The largest absolute Gasteiger partial charge is 0.406 e. The highest BCUT2D eigenvalue weighted by atomic mass is 28.3. The number of nitrogens with zero attached hydrogens (tertiary/aromatic N) is 2. The van der Waals surface area contributed by atoms with Crippen molar-refractivity contribution in [3.05, 3.63) is 41.6 Å². The van der Waals surface area contributed by atoms with Crippen LogP contribution in [0.5, 0.6) is 0 Å². The molecule has 1 amide bonds. The van der Waals surface area contributed by atoms with Crippen molar-refractivity contribution >= 4 is 19.7 Å². The van der Waals surface area contributed by atoms with Crippen LogP contribution in [0.2, 0.25) is 25.7 Å². The van der Waals surface area contributed by atoms with Crippen LogP contribution in [0, 0.1) is 0 Å². The van der Waals surface area contributed by atoms with Crippen LogP contribution in [-0.2, 0) is 9.53 Å². The molecule has 1 aromatic rings. The van der Waals surface area contributed by atoms with Crippen LogP contribution >= 0.6 is 0 Å². The monoisotopic (exact) mass is 399 g/mol. The van der Waals surface area contributed by atoms with Gasteiger partial charge in [0.05, 0.1) is 11.6 Å². The fourth-order valence-corrected chi connectivity index (χ4v) is 3.88. The number of alkyl halides is 3. The predicted octanol–water partition coefficient (Wildman–Crippen LogP) is 3.65. The van der Waals surface area contributed by atoms with Crippen molar-refractivity contribution in [3.8, 4) is 0 Å². The Bertz CT molecular complexity index is 746. The molecular formula is C18H24F3N3O2Si. The molecule has 5 nitrogen and oxygen atoms in total. The van der Waals surface area contributed by atoms with Crippen LogP contribution < -0.4 is 10.3 Å². The van der Waals surface area contributed by atoms with E-state index in [-0.39, 0.29) is 12.4 Å². The number of rotatable bonds is 6. The number of para-hydroxylation sites is 1. The maximum atomic E-state index is 13.0. The molecule has 9 heteroatoms. The smallest absolute Gasteiger partial charge is 0.360 e. The van der Waals surface area contributed by atoms with Crippen LogP contribution in [0.3, 0.4) is 0 Å². The van der Waals surface area contributed by atoms with Gasteiger partial charge in [-0.25, -0.2) is 5.43 Å². The van der Waals surface area contributed by atoms with Gasteiger partial charge in [0, 0.05) is 26.6 Å². The second kappa shape index (κ2) is 7.29. The summed E-state index contributed by atoms with van der Waals surface area (Å²) < 4.78 is 44.6. The van der Waals surface area contributed by atoms with E-state index in [0.29, 0.717) is 17.7 Å². The third kappa shape index (κ3) is 4.71. The highest BCUT2D eigenvalue weighted by Crippen LogP contribution is 2.41. The molecule has 1 unspecified atom stereocenters. The molecule has 1 atom stereocenters. The maximum Gasteiger partial charge on any atom is 0.406 e. The van der Waals surface area contributed by atoms with Crippen molar-refractivity contribution in [2.45, 2.75) is 37.9 Å². The van der Waals surface area contributed by atoms with Gasteiger partial charge in [-0.05, 0) is 17.7 Å². The second-order valence-corrected chi connectivity index (χ2v) is 13.7. The molecule has 148 valence electrons. The number of carbonyl (C=O) groups excluding carboxylic acids is 1. The van der Waals surface area contributed by atoms with Gasteiger partial charge in [0.25, 0.3) is 5.91 Å². The summed E-state index contributed by atoms with van der Waals surface area (Å²) in [7, 11) is -1.20. The van der Waals surface area contributed by atoms with E-state index in [1.54, 1.807) is 35.5 Å². The molecule has 0 saturated carbocycles. The quantitative estimate of drug-likeness (QED) is 0.586. The van der Waals surface area contributed by atoms with Gasteiger partial charge < -0.3 is 4.74 Å². The normalized spacial score (nSPS) is 19.9. The molecule has 0 aromatic heterocycles. The molecule has 2 aliphatic rings. The second-order valence-electron chi connectivity index (χ2n) is 8.03. The zero-order valence-electron chi connectivity index (χ0n) is 15.6. The molecule has 1 N–H and O–H groups in total. The van der Waals surface area contributed by atoms with Crippen LogP contribution in [-0.4, -0.2) is 45.0 Å². The SMILES string of the molecule is C[Si](C)(C)CCOCN1C=C2C(=O)N(CC(F)(F)F)c3ccccc3C2N1. The highest BCUT2D eigenvalue weighted by Gasteiger charge is 2.43. The lowest BCUT2D eigenvalue weighted by atomic mass is 9.93. The van der Waals surface area contributed by atoms with E-state index < -0.39 is 32.7 Å². The molecule has 3 rings (SSSR count). The van der Waals surface area contributed by atoms with Gasteiger partial charge in [-0.1, -0.05) is 37.8 Å². The number of anilines is 1. The number of hydrogen-bond donors (Lipinski definition) is 1. The fourth-order valence-electron chi connectivity index (χ4n) is 3.13. The first-order valence-corrected chi connectivity index (χ1v) is 12.6. The Kier molecular flexibility index (Phi) is 5.37. The molecule has 0 radical (unpaired) electrons. The number of fused-ring (bicyclic) bond motifs is 3. The van der Waals surface area contributed by atoms with Gasteiger partial charge in [-0.2, -0.15) is 13.2 Å². The van der Waals surface area contributed by atoms with Crippen molar-refractivity contribution in [3.63, 3.8) is 0 Å². The molecule has 27 heavy (non-hydrogen) atoms. The van der Waals surface area contributed by atoms with E-state index in [2.05, 4.69) is 25.1 Å². The summed E-state index contributed by atoms with van der Waals surface area (Å²) in [5.41, 5.74) is 4.39.